The highest BCUT2D eigenvalue weighted by Gasteiger charge is 2.10. The zero-order valence-electron chi connectivity index (χ0n) is 9.31. The molecule has 0 aromatic carbocycles. The summed E-state index contributed by atoms with van der Waals surface area (Å²) in [5.41, 5.74) is 1.20. The van der Waals surface area contributed by atoms with Gasteiger partial charge in [0.1, 0.15) is 0 Å². The predicted octanol–water partition coefficient (Wildman–Crippen LogP) is 0.799. The Hall–Kier alpha value is -2.11. The van der Waals surface area contributed by atoms with E-state index in [4.69, 9.17) is 4.52 Å². The van der Waals surface area contributed by atoms with Crippen LogP contribution in [0.2, 0.25) is 0 Å². The Labute approximate surface area is 91.9 Å². The van der Waals surface area contributed by atoms with Gasteiger partial charge in [-0.3, -0.25) is 4.79 Å². The van der Waals surface area contributed by atoms with Gasteiger partial charge in [0.25, 0.3) is 11.8 Å². The highest BCUT2D eigenvalue weighted by Crippen LogP contribution is 2.18. The smallest absolute Gasteiger partial charge is 0.265 e. The SMILES string of the molecule is Cc1cc(-c2nc(N(C)C)no2)cc(=O)[nH]1. The third kappa shape index (κ3) is 1.95. The Bertz CT molecular complexity index is 556. The minimum absolute atomic E-state index is 0.181. The molecule has 0 aliphatic carbocycles. The summed E-state index contributed by atoms with van der Waals surface area (Å²) in [7, 11) is 3.63. The maximum Gasteiger partial charge on any atom is 0.265 e. The number of nitrogens with one attached hydrogen (secondary N) is 1. The number of hydrogen-bond donors (Lipinski definition) is 1. The van der Waals surface area contributed by atoms with Gasteiger partial charge < -0.3 is 14.4 Å². The highest BCUT2D eigenvalue weighted by molar-refractivity contribution is 5.54. The molecular formula is C10H12N4O2. The Morgan fingerprint density at radius 1 is 1.38 bits per heavy atom. The van der Waals surface area contributed by atoms with Crippen LogP contribution < -0.4 is 10.5 Å². The molecule has 2 rings (SSSR count). The average Bonchev–Trinajstić information content (AvgIpc) is 2.64. The minimum Gasteiger partial charge on any atom is -0.344 e. The predicted molar refractivity (Wildman–Crippen MR) is 59.4 cm³/mol. The van der Waals surface area contributed by atoms with Crippen molar-refractivity contribution in [1.29, 1.82) is 0 Å². The van der Waals surface area contributed by atoms with Crippen LogP contribution in [0.4, 0.5) is 5.95 Å². The molecule has 84 valence electrons. The lowest BCUT2D eigenvalue weighted by Gasteiger charge is -2.02. The fourth-order valence-electron chi connectivity index (χ4n) is 1.32. The fraction of sp³-hybridized carbons (Fsp3) is 0.300. The van der Waals surface area contributed by atoms with Gasteiger partial charge in [0.15, 0.2) is 0 Å². The number of aromatic amines is 1. The molecule has 0 aliphatic heterocycles. The first kappa shape index (κ1) is 10.4. The molecule has 6 nitrogen and oxygen atoms in total. The van der Waals surface area contributed by atoms with E-state index in [2.05, 4.69) is 15.1 Å². The number of anilines is 1. The fourth-order valence-corrected chi connectivity index (χ4v) is 1.32. The van der Waals surface area contributed by atoms with E-state index in [-0.39, 0.29) is 5.56 Å². The van der Waals surface area contributed by atoms with Gasteiger partial charge in [-0.25, -0.2) is 0 Å². The molecule has 0 radical (unpaired) electrons. The molecule has 1 N–H and O–H groups in total. The molecule has 16 heavy (non-hydrogen) atoms. The second-order valence-electron chi connectivity index (χ2n) is 3.71. The topological polar surface area (TPSA) is 75.0 Å². The second kappa shape index (κ2) is 3.80. The van der Waals surface area contributed by atoms with Crippen LogP contribution in [0.1, 0.15) is 5.69 Å². The van der Waals surface area contributed by atoms with Crippen LogP contribution in [0, 0.1) is 6.92 Å². The summed E-state index contributed by atoms with van der Waals surface area (Å²) < 4.78 is 5.07. The monoisotopic (exact) mass is 220 g/mol. The molecule has 0 amide bonds. The molecular weight excluding hydrogens is 208 g/mol. The Balaban J connectivity index is 2.46. The first-order valence-corrected chi connectivity index (χ1v) is 4.78. The zero-order valence-corrected chi connectivity index (χ0v) is 9.31. The summed E-state index contributed by atoms with van der Waals surface area (Å²) in [5, 5.41) is 3.78. The van der Waals surface area contributed by atoms with Crippen molar-refractivity contribution < 1.29 is 4.52 Å². The molecule has 0 saturated carbocycles. The van der Waals surface area contributed by atoms with Crippen LogP contribution >= 0.6 is 0 Å². The molecule has 0 saturated heterocycles. The number of aromatic nitrogens is 3. The first-order chi connectivity index (χ1) is 7.56. The van der Waals surface area contributed by atoms with Crippen LogP contribution in [-0.2, 0) is 0 Å². The second-order valence-corrected chi connectivity index (χ2v) is 3.71. The van der Waals surface area contributed by atoms with E-state index in [9.17, 15) is 4.79 Å². The molecule has 2 aromatic heterocycles. The molecule has 0 bridgehead atoms. The van der Waals surface area contributed by atoms with E-state index >= 15 is 0 Å². The Kier molecular flexibility index (Phi) is 2.47. The molecule has 6 heteroatoms. The average molecular weight is 220 g/mol. The van der Waals surface area contributed by atoms with Crippen molar-refractivity contribution in [2.45, 2.75) is 6.92 Å². The summed E-state index contributed by atoms with van der Waals surface area (Å²) >= 11 is 0. The molecule has 2 heterocycles. The maximum atomic E-state index is 11.3. The quantitative estimate of drug-likeness (QED) is 0.810. The lowest BCUT2D eigenvalue weighted by molar-refractivity contribution is 0.430. The summed E-state index contributed by atoms with van der Waals surface area (Å²) in [4.78, 5) is 19.8. The number of nitrogens with zero attached hydrogens (tertiary/aromatic N) is 3. The molecule has 0 atom stereocenters. The van der Waals surface area contributed by atoms with Gasteiger partial charge in [-0.1, -0.05) is 0 Å². The lowest BCUT2D eigenvalue weighted by atomic mass is 10.2. The molecule has 0 fully saturated rings. The zero-order chi connectivity index (χ0) is 11.7. The van der Waals surface area contributed by atoms with E-state index in [0.717, 1.165) is 5.69 Å². The van der Waals surface area contributed by atoms with Crippen LogP contribution in [0.15, 0.2) is 21.5 Å². The summed E-state index contributed by atoms with van der Waals surface area (Å²) in [6.07, 6.45) is 0. The van der Waals surface area contributed by atoms with Crippen molar-refractivity contribution in [3.63, 3.8) is 0 Å². The third-order valence-electron chi connectivity index (χ3n) is 2.04. The van der Waals surface area contributed by atoms with Gasteiger partial charge in [0.2, 0.25) is 5.56 Å². The van der Waals surface area contributed by atoms with E-state index in [0.29, 0.717) is 17.4 Å². The van der Waals surface area contributed by atoms with Crippen molar-refractivity contribution in [2.75, 3.05) is 19.0 Å². The van der Waals surface area contributed by atoms with Crippen LogP contribution in [0.3, 0.4) is 0 Å². The van der Waals surface area contributed by atoms with Crippen molar-refractivity contribution in [2.24, 2.45) is 0 Å². The third-order valence-corrected chi connectivity index (χ3v) is 2.04. The van der Waals surface area contributed by atoms with Crippen molar-refractivity contribution in [3.05, 3.63) is 28.2 Å². The molecule has 0 spiro atoms. The van der Waals surface area contributed by atoms with Crippen molar-refractivity contribution >= 4 is 5.95 Å². The van der Waals surface area contributed by atoms with Crippen molar-refractivity contribution in [3.8, 4) is 11.5 Å². The molecule has 2 aromatic rings. The van der Waals surface area contributed by atoms with Crippen LogP contribution in [-0.4, -0.2) is 29.2 Å². The lowest BCUT2D eigenvalue weighted by Crippen LogP contribution is -2.10. The Morgan fingerprint density at radius 2 is 2.12 bits per heavy atom. The minimum atomic E-state index is -0.181. The standard InChI is InChI=1S/C10H12N4O2/c1-6-4-7(5-8(15)11-6)9-12-10(13-16-9)14(2)3/h4-5H,1-3H3,(H,11,15). The maximum absolute atomic E-state index is 11.3. The van der Waals surface area contributed by atoms with Crippen LogP contribution in [0.5, 0.6) is 0 Å². The van der Waals surface area contributed by atoms with Gasteiger partial charge >= 0.3 is 0 Å². The van der Waals surface area contributed by atoms with Gasteiger partial charge in [-0.15, -0.1) is 0 Å². The highest BCUT2D eigenvalue weighted by atomic mass is 16.5. The number of rotatable bonds is 2. The number of aryl methyl sites for hydroxylation is 1. The van der Waals surface area contributed by atoms with Crippen molar-refractivity contribution in [1.82, 2.24) is 15.1 Å². The van der Waals surface area contributed by atoms with Gasteiger partial charge in [0.05, 0.1) is 0 Å². The number of hydrogen-bond acceptors (Lipinski definition) is 5. The Morgan fingerprint density at radius 3 is 2.69 bits per heavy atom. The van der Waals surface area contributed by atoms with Gasteiger partial charge in [-0.2, -0.15) is 4.98 Å². The largest absolute Gasteiger partial charge is 0.344 e. The van der Waals surface area contributed by atoms with E-state index in [1.807, 2.05) is 14.1 Å². The first-order valence-electron chi connectivity index (χ1n) is 4.78. The van der Waals surface area contributed by atoms with E-state index in [1.165, 1.54) is 6.07 Å². The summed E-state index contributed by atoms with van der Waals surface area (Å²) in [6.45, 7) is 1.80. The molecule has 0 unspecified atom stereocenters. The van der Waals surface area contributed by atoms with E-state index in [1.54, 1.807) is 17.9 Å². The number of H-pyrrole nitrogens is 1. The van der Waals surface area contributed by atoms with Gasteiger partial charge in [0, 0.05) is 31.4 Å². The number of pyridine rings is 1. The van der Waals surface area contributed by atoms with Gasteiger partial charge in [-0.05, 0) is 18.1 Å². The summed E-state index contributed by atoms with van der Waals surface area (Å²) in [5.74, 6) is 0.825. The summed E-state index contributed by atoms with van der Waals surface area (Å²) in [6, 6.07) is 3.22. The van der Waals surface area contributed by atoms with Crippen LogP contribution in [0.25, 0.3) is 11.5 Å². The molecule has 0 aliphatic rings. The normalized spacial score (nSPS) is 10.4. The van der Waals surface area contributed by atoms with E-state index < -0.39 is 0 Å².